The minimum Gasteiger partial charge on any atom is -0.300 e. The van der Waals surface area contributed by atoms with Crippen LogP contribution >= 0.6 is 22.6 Å². The van der Waals surface area contributed by atoms with Gasteiger partial charge in [-0.25, -0.2) is 0 Å². The van der Waals surface area contributed by atoms with Crippen LogP contribution < -0.4 is 5.32 Å². The Morgan fingerprint density at radius 1 is 0.870 bits per heavy atom. The number of hydrogen-bond acceptors (Lipinski definition) is 1. The number of nitrogens with one attached hydrogen (secondary N) is 1. The highest BCUT2D eigenvalue weighted by Gasteiger charge is 2.29. The molecule has 1 unspecified atom stereocenters. The van der Waals surface area contributed by atoms with E-state index in [1.807, 2.05) is 0 Å². The minimum atomic E-state index is 1.04. The number of unbranched alkanes of at least 4 members (excludes halogenated alkanes) is 11. The van der Waals surface area contributed by atoms with Gasteiger partial charge in [-0.1, -0.05) is 71.1 Å². The molecule has 1 aliphatic rings. The molecule has 3 heteroatoms. The van der Waals surface area contributed by atoms with Gasteiger partial charge in [0.1, 0.15) is 13.2 Å². The third-order valence-corrected chi connectivity index (χ3v) is 5.56. The van der Waals surface area contributed by atoms with Gasteiger partial charge in [0.2, 0.25) is 0 Å². The maximum atomic E-state index is 3.52. The quantitative estimate of drug-likeness (QED) is 0.166. The fourth-order valence-corrected chi connectivity index (χ4v) is 3.77. The number of hydrogen-bond donors (Lipinski definition) is 1. The molecule has 1 heterocycles. The average molecular weight is 433 g/mol. The van der Waals surface area contributed by atoms with Crippen molar-refractivity contribution in [2.45, 2.75) is 84.0 Å². The fourth-order valence-electron chi connectivity index (χ4n) is 3.60. The third kappa shape index (κ3) is 10.6. The zero-order valence-electron chi connectivity index (χ0n) is 15.3. The maximum Gasteiger partial charge on any atom is 0.142 e. The average Bonchev–Trinajstić information content (AvgIpc) is 3.03. The van der Waals surface area contributed by atoms with Crippen molar-refractivity contribution in [3.8, 4) is 9.85 Å². The van der Waals surface area contributed by atoms with Crippen molar-refractivity contribution in [3.05, 3.63) is 0 Å². The zero-order chi connectivity index (χ0) is 16.6. The van der Waals surface area contributed by atoms with Crippen molar-refractivity contribution >= 4 is 22.6 Å². The monoisotopic (exact) mass is 433 g/mol. The van der Waals surface area contributed by atoms with Crippen molar-refractivity contribution in [1.82, 2.24) is 5.32 Å². The van der Waals surface area contributed by atoms with E-state index >= 15 is 0 Å². The normalized spacial score (nSPS) is 20.4. The van der Waals surface area contributed by atoms with Crippen molar-refractivity contribution in [1.29, 1.82) is 0 Å². The Kier molecular flexibility index (Phi) is 13.4. The molecule has 2 nitrogen and oxygen atoms in total. The molecule has 23 heavy (non-hydrogen) atoms. The molecule has 0 spiro atoms. The molecule has 0 radical (unpaired) electrons. The molecule has 1 N–H and O–H groups in total. The van der Waals surface area contributed by atoms with Gasteiger partial charge in [0.25, 0.3) is 0 Å². The highest BCUT2D eigenvalue weighted by molar-refractivity contribution is 14.1. The summed E-state index contributed by atoms with van der Waals surface area (Å²) in [6.07, 6.45) is 17.2. The summed E-state index contributed by atoms with van der Waals surface area (Å²) in [7, 11) is 0. The first-order valence-corrected chi connectivity index (χ1v) is 11.1. The third-order valence-electron chi connectivity index (χ3n) is 5.18. The van der Waals surface area contributed by atoms with Gasteiger partial charge in [-0.05, 0) is 22.7 Å². The van der Waals surface area contributed by atoms with Crippen LogP contribution in [0, 0.1) is 9.85 Å². The van der Waals surface area contributed by atoms with E-state index in [1.54, 1.807) is 0 Å². The first-order chi connectivity index (χ1) is 11.3. The van der Waals surface area contributed by atoms with Crippen LogP contribution in [0.25, 0.3) is 0 Å². The summed E-state index contributed by atoms with van der Waals surface area (Å²) >= 11 is 2.16. The van der Waals surface area contributed by atoms with Crippen LogP contribution in [-0.2, 0) is 0 Å². The summed E-state index contributed by atoms with van der Waals surface area (Å²) < 4.78 is 4.23. The molecule has 0 aromatic rings. The Morgan fingerprint density at radius 2 is 1.43 bits per heavy atom. The Bertz CT molecular complexity index is 326. The predicted octanol–water partition coefficient (Wildman–Crippen LogP) is 5.46. The molecule has 1 atom stereocenters. The van der Waals surface area contributed by atoms with Gasteiger partial charge in [0.05, 0.1) is 13.1 Å². The largest absolute Gasteiger partial charge is 0.300 e. The van der Waals surface area contributed by atoms with E-state index in [1.165, 1.54) is 101 Å². The Hall–Kier alpha value is 0.210. The molecule has 1 rings (SSSR count). The maximum absolute atomic E-state index is 3.52. The van der Waals surface area contributed by atoms with Crippen LogP contribution in [0.4, 0.5) is 0 Å². The molecule has 1 fully saturated rings. The Labute approximate surface area is 158 Å². The summed E-state index contributed by atoms with van der Waals surface area (Å²) in [4.78, 5) is 0. The summed E-state index contributed by atoms with van der Waals surface area (Å²) in [6.45, 7) is 8.21. The van der Waals surface area contributed by atoms with E-state index in [9.17, 15) is 0 Å². The lowest BCUT2D eigenvalue weighted by atomic mass is 10.1. The SMILES string of the molecule is CCCCCCCCCCCCCC[N+]1(CC#CI)CCNC1. The lowest BCUT2D eigenvalue weighted by Crippen LogP contribution is -2.47. The van der Waals surface area contributed by atoms with Crippen molar-refractivity contribution < 1.29 is 4.48 Å². The highest BCUT2D eigenvalue weighted by Crippen LogP contribution is 2.15. The predicted molar refractivity (Wildman–Crippen MR) is 111 cm³/mol. The molecule has 1 saturated heterocycles. The standard InChI is InChI=1S/C20H38IN2/c1-2-3-4-5-6-7-8-9-10-11-12-13-17-23(18-14-15-21)19-16-22-20-23/h22H,2-13,16-20H2,1H3/q+1. The van der Waals surface area contributed by atoms with E-state index in [4.69, 9.17) is 0 Å². The molecule has 0 bridgehead atoms. The van der Waals surface area contributed by atoms with E-state index in [-0.39, 0.29) is 0 Å². The minimum absolute atomic E-state index is 1.04. The van der Waals surface area contributed by atoms with Gasteiger partial charge in [0.15, 0.2) is 0 Å². The molecule has 134 valence electrons. The number of rotatable bonds is 14. The molecule has 0 aromatic carbocycles. The van der Waals surface area contributed by atoms with Gasteiger partial charge >= 0.3 is 0 Å². The lowest BCUT2D eigenvalue weighted by molar-refractivity contribution is -0.910. The van der Waals surface area contributed by atoms with E-state index in [0.717, 1.165) is 13.2 Å². The van der Waals surface area contributed by atoms with Crippen LogP contribution in [0.3, 0.4) is 0 Å². The second-order valence-electron chi connectivity index (χ2n) is 7.27. The number of halogens is 1. The van der Waals surface area contributed by atoms with Crippen LogP contribution in [0.5, 0.6) is 0 Å². The van der Waals surface area contributed by atoms with Crippen LogP contribution in [0.1, 0.15) is 84.0 Å². The van der Waals surface area contributed by atoms with E-state index in [2.05, 4.69) is 44.7 Å². The first kappa shape index (κ1) is 21.3. The van der Waals surface area contributed by atoms with Gasteiger partial charge in [0, 0.05) is 29.1 Å². The first-order valence-electron chi connectivity index (χ1n) is 9.97. The van der Waals surface area contributed by atoms with Gasteiger partial charge in [-0.2, -0.15) is 0 Å². The fraction of sp³-hybridized carbons (Fsp3) is 0.900. The number of quaternary nitrogens is 1. The van der Waals surface area contributed by atoms with E-state index in [0.29, 0.717) is 0 Å². The number of nitrogens with zero attached hydrogens (tertiary/aromatic N) is 1. The summed E-state index contributed by atoms with van der Waals surface area (Å²) in [5.74, 6) is 3.29. The molecule has 1 aliphatic heterocycles. The summed E-state index contributed by atoms with van der Waals surface area (Å²) in [5, 5.41) is 3.52. The van der Waals surface area contributed by atoms with Crippen molar-refractivity contribution in [2.24, 2.45) is 0 Å². The van der Waals surface area contributed by atoms with E-state index < -0.39 is 0 Å². The van der Waals surface area contributed by atoms with Gasteiger partial charge < -0.3 is 4.48 Å². The second kappa shape index (κ2) is 14.5. The van der Waals surface area contributed by atoms with Crippen LogP contribution in [0.2, 0.25) is 0 Å². The van der Waals surface area contributed by atoms with Crippen molar-refractivity contribution in [2.75, 3.05) is 32.8 Å². The Morgan fingerprint density at radius 3 is 1.91 bits per heavy atom. The van der Waals surface area contributed by atoms with Gasteiger partial charge in [-0.3, -0.25) is 5.32 Å². The molecule has 0 aliphatic carbocycles. The zero-order valence-corrected chi connectivity index (χ0v) is 17.5. The highest BCUT2D eigenvalue weighted by atomic mass is 127. The molecule has 0 amide bonds. The summed E-state index contributed by atoms with van der Waals surface area (Å²) in [6, 6.07) is 0. The molecule has 0 aromatic heterocycles. The topological polar surface area (TPSA) is 12.0 Å². The molecular weight excluding hydrogens is 395 g/mol. The summed E-state index contributed by atoms with van der Waals surface area (Å²) in [5.41, 5.74) is 0. The van der Waals surface area contributed by atoms with Crippen molar-refractivity contribution in [3.63, 3.8) is 0 Å². The molecule has 0 saturated carbocycles. The van der Waals surface area contributed by atoms with Gasteiger partial charge in [-0.15, -0.1) is 0 Å². The molecular formula is C20H38IN2+. The van der Waals surface area contributed by atoms with Crippen LogP contribution in [-0.4, -0.2) is 37.3 Å². The van der Waals surface area contributed by atoms with Crippen LogP contribution in [0.15, 0.2) is 0 Å². The smallest absolute Gasteiger partial charge is 0.142 e. The lowest BCUT2D eigenvalue weighted by Gasteiger charge is -2.31. The second-order valence-corrected chi connectivity index (χ2v) is 7.80. The Balaban J connectivity index is 1.91.